The Morgan fingerprint density at radius 2 is 1.88 bits per heavy atom. The summed E-state index contributed by atoms with van der Waals surface area (Å²) in [6.45, 7) is 3.41. The molecule has 1 aliphatic rings. The fraction of sp³-hybridized carbons (Fsp3) is 0.769. The molecule has 0 radical (unpaired) electrons. The quantitative estimate of drug-likeness (QED) is 0.525. The van der Waals surface area contributed by atoms with E-state index in [1.165, 1.54) is 6.08 Å². The molecule has 17 heavy (non-hydrogen) atoms. The van der Waals surface area contributed by atoms with Gasteiger partial charge < -0.3 is 14.6 Å². The third-order valence-corrected chi connectivity index (χ3v) is 2.91. The summed E-state index contributed by atoms with van der Waals surface area (Å²) in [5, 5.41) is 8.39. The molecule has 0 aliphatic carbocycles. The van der Waals surface area contributed by atoms with Gasteiger partial charge >= 0.3 is 5.97 Å². The lowest BCUT2D eigenvalue weighted by Crippen LogP contribution is -2.24. The molecule has 0 amide bonds. The van der Waals surface area contributed by atoms with Gasteiger partial charge in [-0.25, -0.2) is 4.79 Å². The van der Waals surface area contributed by atoms with Crippen LogP contribution in [0.25, 0.3) is 0 Å². The molecule has 98 valence electrons. The molecular formula is C13H22O4. The Morgan fingerprint density at radius 3 is 2.53 bits per heavy atom. The van der Waals surface area contributed by atoms with Gasteiger partial charge in [-0.15, -0.1) is 0 Å². The number of aliphatic carboxylic acids is 1. The molecule has 0 aromatic heterocycles. The summed E-state index contributed by atoms with van der Waals surface area (Å²) in [6, 6.07) is 0. The Balaban J connectivity index is 1.92. The molecule has 4 heteroatoms. The highest BCUT2D eigenvalue weighted by atomic mass is 16.7. The van der Waals surface area contributed by atoms with Crippen molar-refractivity contribution in [2.45, 2.75) is 51.2 Å². The first-order valence-corrected chi connectivity index (χ1v) is 6.30. The van der Waals surface area contributed by atoms with Gasteiger partial charge in [0, 0.05) is 12.5 Å². The third-order valence-electron chi connectivity index (χ3n) is 2.91. The predicted molar refractivity (Wildman–Crippen MR) is 64.8 cm³/mol. The lowest BCUT2D eigenvalue weighted by atomic mass is 10.1. The van der Waals surface area contributed by atoms with Crippen molar-refractivity contribution in [3.8, 4) is 0 Å². The molecule has 0 aromatic rings. The zero-order valence-electron chi connectivity index (χ0n) is 10.5. The first kappa shape index (κ1) is 14.2. The largest absolute Gasteiger partial charge is 0.478 e. The second kappa shape index (κ2) is 7.45. The van der Waals surface area contributed by atoms with E-state index < -0.39 is 5.97 Å². The molecule has 0 bridgehead atoms. The Morgan fingerprint density at radius 1 is 1.24 bits per heavy atom. The van der Waals surface area contributed by atoms with Crippen LogP contribution in [0.2, 0.25) is 0 Å². The first-order chi connectivity index (χ1) is 8.12. The average molecular weight is 242 g/mol. The maximum Gasteiger partial charge on any atom is 0.327 e. The van der Waals surface area contributed by atoms with Crippen molar-refractivity contribution in [3.63, 3.8) is 0 Å². The van der Waals surface area contributed by atoms with Crippen molar-refractivity contribution in [1.29, 1.82) is 0 Å². The second-order valence-corrected chi connectivity index (χ2v) is 4.52. The SMILES string of the molecule is CC1(CCCCCC/C=C/C(=O)O)OCCO1. The van der Waals surface area contributed by atoms with Crippen molar-refractivity contribution in [1.82, 2.24) is 0 Å². The van der Waals surface area contributed by atoms with Crippen molar-refractivity contribution < 1.29 is 19.4 Å². The summed E-state index contributed by atoms with van der Waals surface area (Å²) >= 11 is 0. The number of hydrogen-bond donors (Lipinski definition) is 1. The van der Waals surface area contributed by atoms with Crippen molar-refractivity contribution in [3.05, 3.63) is 12.2 Å². The molecule has 0 unspecified atom stereocenters. The number of unbranched alkanes of at least 4 members (excludes halogenated alkanes) is 4. The number of hydrogen-bond acceptors (Lipinski definition) is 3. The molecule has 1 rings (SSSR count). The van der Waals surface area contributed by atoms with E-state index in [4.69, 9.17) is 14.6 Å². The molecule has 0 aromatic carbocycles. The summed E-state index contributed by atoms with van der Waals surface area (Å²) in [4.78, 5) is 10.2. The van der Waals surface area contributed by atoms with Gasteiger partial charge in [-0.2, -0.15) is 0 Å². The van der Waals surface area contributed by atoms with Gasteiger partial charge in [0.2, 0.25) is 0 Å². The normalized spacial score (nSPS) is 18.9. The van der Waals surface area contributed by atoms with E-state index in [2.05, 4.69) is 0 Å². The van der Waals surface area contributed by atoms with Crippen molar-refractivity contribution >= 4 is 5.97 Å². The summed E-state index contributed by atoms with van der Waals surface area (Å²) in [6.07, 6.45) is 9.12. The van der Waals surface area contributed by atoms with Crippen molar-refractivity contribution in [2.24, 2.45) is 0 Å². The smallest absolute Gasteiger partial charge is 0.327 e. The Labute approximate surface area is 103 Å². The number of rotatable bonds is 8. The number of ether oxygens (including phenoxy) is 2. The molecule has 4 nitrogen and oxygen atoms in total. The minimum atomic E-state index is -0.867. The van der Waals surface area contributed by atoms with Crippen LogP contribution in [0.4, 0.5) is 0 Å². The zero-order chi connectivity index (χ0) is 12.6. The number of allylic oxidation sites excluding steroid dienone is 1. The van der Waals surface area contributed by atoms with Gasteiger partial charge in [0.05, 0.1) is 13.2 Å². The summed E-state index contributed by atoms with van der Waals surface area (Å²) in [7, 11) is 0. The minimum absolute atomic E-state index is 0.358. The van der Waals surface area contributed by atoms with Crippen LogP contribution in [0.3, 0.4) is 0 Å². The molecular weight excluding hydrogens is 220 g/mol. The lowest BCUT2D eigenvalue weighted by Gasteiger charge is -2.21. The van der Waals surface area contributed by atoms with E-state index in [-0.39, 0.29) is 5.79 Å². The van der Waals surface area contributed by atoms with Crippen LogP contribution in [0.1, 0.15) is 45.4 Å². The van der Waals surface area contributed by atoms with Crippen LogP contribution in [0.15, 0.2) is 12.2 Å². The van der Waals surface area contributed by atoms with Crippen LogP contribution >= 0.6 is 0 Å². The maximum atomic E-state index is 10.2. The van der Waals surface area contributed by atoms with E-state index in [1.54, 1.807) is 6.08 Å². The fourth-order valence-corrected chi connectivity index (χ4v) is 1.95. The van der Waals surface area contributed by atoms with Crippen LogP contribution in [-0.4, -0.2) is 30.1 Å². The van der Waals surface area contributed by atoms with Crippen LogP contribution in [0, 0.1) is 0 Å². The van der Waals surface area contributed by atoms with E-state index in [0.717, 1.165) is 38.5 Å². The number of carboxylic acids is 1. The third kappa shape index (κ3) is 6.44. The van der Waals surface area contributed by atoms with Crippen LogP contribution < -0.4 is 0 Å². The molecule has 0 spiro atoms. The highest BCUT2D eigenvalue weighted by Gasteiger charge is 2.29. The average Bonchev–Trinajstić information content (AvgIpc) is 2.69. The number of carboxylic acid groups (broad SMARTS) is 1. The number of carbonyl (C=O) groups is 1. The van der Waals surface area contributed by atoms with Gasteiger partial charge in [0.15, 0.2) is 5.79 Å². The molecule has 0 saturated carbocycles. The van der Waals surface area contributed by atoms with Crippen LogP contribution in [-0.2, 0) is 14.3 Å². The Kier molecular flexibility index (Phi) is 6.22. The Hall–Kier alpha value is -0.870. The van der Waals surface area contributed by atoms with Gasteiger partial charge in [-0.05, 0) is 26.2 Å². The minimum Gasteiger partial charge on any atom is -0.478 e. The van der Waals surface area contributed by atoms with E-state index in [1.807, 2.05) is 6.92 Å². The fourth-order valence-electron chi connectivity index (χ4n) is 1.95. The summed E-state index contributed by atoms with van der Waals surface area (Å²) in [5.74, 6) is -1.23. The van der Waals surface area contributed by atoms with Crippen LogP contribution in [0.5, 0.6) is 0 Å². The highest BCUT2D eigenvalue weighted by Crippen LogP contribution is 2.25. The highest BCUT2D eigenvalue weighted by molar-refractivity contribution is 5.79. The lowest BCUT2D eigenvalue weighted by molar-refractivity contribution is -0.147. The molecule has 1 fully saturated rings. The predicted octanol–water partition coefficient (Wildman–Crippen LogP) is 2.73. The summed E-state index contributed by atoms with van der Waals surface area (Å²) in [5.41, 5.74) is 0. The molecule has 0 atom stereocenters. The van der Waals surface area contributed by atoms with Gasteiger partial charge in [-0.1, -0.05) is 18.9 Å². The maximum absolute atomic E-state index is 10.2. The van der Waals surface area contributed by atoms with E-state index in [9.17, 15) is 4.79 Å². The zero-order valence-corrected chi connectivity index (χ0v) is 10.5. The summed E-state index contributed by atoms with van der Waals surface area (Å²) < 4.78 is 11.0. The molecule has 1 aliphatic heterocycles. The Bertz CT molecular complexity index is 254. The van der Waals surface area contributed by atoms with E-state index >= 15 is 0 Å². The van der Waals surface area contributed by atoms with Gasteiger partial charge in [0.25, 0.3) is 0 Å². The van der Waals surface area contributed by atoms with Crippen molar-refractivity contribution in [2.75, 3.05) is 13.2 Å². The second-order valence-electron chi connectivity index (χ2n) is 4.52. The first-order valence-electron chi connectivity index (χ1n) is 6.30. The molecule has 1 N–H and O–H groups in total. The molecule has 1 heterocycles. The topological polar surface area (TPSA) is 55.8 Å². The standard InChI is InChI=1S/C13H22O4/c1-13(16-10-11-17-13)9-7-5-3-2-4-6-8-12(14)15/h6,8H,2-5,7,9-11H2,1H3,(H,14,15)/b8-6+. The van der Waals surface area contributed by atoms with Gasteiger partial charge in [0.1, 0.15) is 0 Å². The monoisotopic (exact) mass is 242 g/mol. The van der Waals surface area contributed by atoms with Gasteiger partial charge in [-0.3, -0.25) is 0 Å². The van der Waals surface area contributed by atoms with E-state index in [0.29, 0.717) is 13.2 Å². The molecule has 1 saturated heterocycles.